The van der Waals surface area contributed by atoms with E-state index in [2.05, 4.69) is 31.2 Å². The molecule has 182 valence electrons. The summed E-state index contributed by atoms with van der Waals surface area (Å²) >= 11 is 4.70. The summed E-state index contributed by atoms with van der Waals surface area (Å²) in [6.07, 6.45) is 0. The Morgan fingerprint density at radius 3 is 2.64 bits per heavy atom. The average molecular weight is 565 g/mol. The number of aromatic nitrogens is 3. The first kappa shape index (κ1) is 24.1. The van der Waals surface area contributed by atoms with Gasteiger partial charge >= 0.3 is 5.97 Å². The zero-order valence-corrected chi connectivity index (χ0v) is 22.2. The molecule has 2 N–H and O–H groups in total. The Hall–Kier alpha value is -3.63. The van der Waals surface area contributed by atoms with Crippen LogP contribution < -0.4 is 10.7 Å². The van der Waals surface area contributed by atoms with E-state index >= 15 is 0 Å². The summed E-state index contributed by atoms with van der Waals surface area (Å²) in [7, 11) is 0. The van der Waals surface area contributed by atoms with E-state index in [-0.39, 0.29) is 11.1 Å². The normalized spacial score (nSPS) is 12.2. The van der Waals surface area contributed by atoms with E-state index in [9.17, 15) is 14.7 Å². The van der Waals surface area contributed by atoms with Gasteiger partial charge in [-0.1, -0.05) is 17.4 Å². The van der Waals surface area contributed by atoms with E-state index in [0.29, 0.717) is 38.3 Å². The van der Waals surface area contributed by atoms with E-state index in [0.717, 1.165) is 26.5 Å². The van der Waals surface area contributed by atoms with Crippen LogP contribution in [0.5, 0.6) is 0 Å². The van der Waals surface area contributed by atoms with Crippen molar-refractivity contribution in [1.82, 2.24) is 15.0 Å². The number of anilines is 1. The molecule has 4 aromatic heterocycles. The van der Waals surface area contributed by atoms with Gasteiger partial charge in [-0.05, 0) is 79.5 Å². The van der Waals surface area contributed by atoms with Crippen LogP contribution in [0.4, 0.5) is 5.69 Å². The zero-order valence-electron chi connectivity index (χ0n) is 19.8. The highest BCUT2D eigenvalue weighted by atomic mass is 79.9. The second-order valence-electron chi connectivity index (χ2n) is 8.57. The van der Waals surface area contributed by atoms with Gasteiger partial charge in [0.2, 0.25) is 0 Å². The number of aromatic carboxylic acids is 1. The average Bonchev–Trinajstić information content (AvgIpc) is 3.21. The number of carboxylic acids is 1. The van der Waals surface area contributed by atoms with Crippen molar-refractivity contribution in [3.63, 3.8) is 0 Å². The number of carboxylic acid groups (broad SMARTS) is 1. The van der Waals surface area contributed by atoms with Crippen LogP contribution >= 0.6 is 27.3 Å². The molecule has 1 aromatic carbocycles. The lowest BCUT2D eigenvalue weighted by atomic mass is 9.99. The van der Waals surface area contributed by atoms with E-state index in [1.807, 2.05) is 32.9 Å². The first-order valence-electron chi connectivity index (χ1n) is 11.1. The molecule has 0 saturated carbocycles. The summed E-state index contributed by atoms with van der Waals surface area (Å²) in [5.74, 6) is -0.751. The maximum atomic E-state index is 13.4. The van der Waals surface area contributed by atoms with Gasteiger partial charge in [-0.15, -0.1) is 0 Å². The Morgan fingerprint density at radius 1 is 1.11 bits per heavy atom. The molecule has 0 aliphatic rings. The molecule has 10 heteroatoms. The third kappa shape index (κ3) is 4.27. The molecular weight excluding hydrogens is 544 g/mol. The second-order valence-corrected chi connectivity index (χ2v) is 10.6. The fourth-order valence-corrected chi connectivity index (χ4v) is 5.31. The van der Waals surface area contributed by atoms with Crippen LogP contribution in [0.15, 0.2) is 50.2 Å². The molecule has 5 rings (SSSR count). The summed E-state index contributed by atoms with van der Waals surface area (Å²) in [5, 5.41) is 14.2. The molecule has 0 bridgehead atoms. The van der Waals surface area contributed by atoms with Gasteiger partial charge in [0.05, 0.1) is 22.1 Å². The van der Waals surface area contributed by atoms with E-state index in [1.165, 1.54) is 11.3 Å². The second kappa shape index (κ2) is 9.11. The van der Waals surface area contributed by atoms with E-state index in [4.69, 9.17) is 9.40 Å². The minimum atomic E-state index is -1.15. The maximum Gasteiger partial charge on any atom is 0.356 e. The third-order valence-electron chi connectivity index (χ3n) is 5.89. The van der Waals surface area contributed by atoms with E-state index < -0.39 is 12.0 Å². The van der Waals surface area contributed by atoms with Gasteiger partial charge in [-0.25, -0.2) is 19.7 Å². The van der Waals surface area contributed by atoms with Gasteiger partial charge in [0, 0.05) is 11.1 Å². The van der Waals surface area contributed by atoms with Crippen LogP contribution in [-0.2, 0) is 0 Å². The fraction of sp³-hybridized carbons (Fsp3) is 0.192. The molecule has 0 aliphatic heterocycles. The largest absolute Gasteiger partial charge is 0.476 e. The number of hydrogen-bond acceptors (Lipinski definition) is 8. The highest BCUT2D eigenvalue weighted by Crippen LogP contribution is 2.33. The highest BCUT2D eigenvalue weighted by Gasteiger charge is 2.21. The van der Waals surface area contributed by atoms with Crippen LogP contribution in [0.2, 0.25) is 0 Å². The Kier molecular flexibility index (Phi) is 6.09. The number of hydrogen-bond donors (Lipinski definition) is 2. The number of carbonyl (C=O) groups is 1. The number of pyridine rings is 2. The molecule has 0 spiro atoms. The third-order valence-corrected chi connectivity index (χ3v) is 7.21. The van der Waals surface area contributed by atoms with Crippen molar-refractivity contribution >= 4 is 60.2 Å². The van der Waals surface area contributed by atoms with Gasteiger partial charge < -0.3 is 14.8 Å². The summed E-state index contributed by atoms with van der Waals surface area (Å²) in [4.78, 5) is 39.2. The molecule has 0 radical (unpaired) electrons. The molecular formula is C26H21BrN4O4S. The highest BCUT2D eigenvalue weighted by molar-refractivity contribution is 9.10. The number of nitrogens with one attached hydrogen (secondary N) is 1. The van der Waals surface area contributed by atoms with Gasteiger partial charge in [0.1, 0.15) is 26.2 Å². The quantitative estimate of drug-likeness (QED) is 0.235. The molecule has 5 aromatic rings. The molecule has 0 unspecified atom stereocenters. The zero-order chi connectivity index (χ0) is 25.7. The van der Waals surface area contributed by atoms with Crippen molar-refractivity contribution in [3.05, 3.63) is 78.6 Å². The number of benzene rings is 1. The first-order valence-corrected chi connectivity index (χ1v) is 12.7. The molecule has 0 amide bonds. The first-order chi connectivity index (χ1) is 17.1. The van der Waals surface area contributed by atoms with Crippen molar-refractivity contribution < 1.29 is 14.3 Å². The summed E-state index contributed by atoms with van der Waals surface area (Å²) in [6.45, 7) is 7.45. The minimum Gasteiger partial charge on any atom is -0.476 e. The lowest BCUT2D eigenvalue weighted by Gasteiger charge is -2.19. The van der Waals surface area contributed by atoms with Crippen molar-refractivity contribution in [2.24, 2.45) is 0 Å². The van der Waals surface area contributed by atoms with Gasteiger partial charge in [-0.3, -0.25) is 4.79 Å². The number of nitrogens with zero attached hydrogens (tertiary/aromatic N) is 3. The molecule has 4 heterocycles. The summed E-state index contributed by atoms with van der Waals surface area (Å²) in [5.41, 5.74) is 3.97. The van der Waals surface area contributed by atoms with E-state index in [1.54, 1.807) is 31.2 Å². The molecule has 36 heavy (non-hydrogen) atoms. The number of thiazole rings is 1. The molecule has 0 fully saturated rings. The summed E-state index contributed by atoms with van der Waals surface area (Å²) in [6, 6.07) is 10.3. The van der Waals surface area contributed by atoms with Crippen LogP contribution in [0.25, 0.3) is 32.8 Å². The van der Waals surface area contributed by atoms with Crippen molar-refractivity contribution in [2.45, 2.75) is 33.7 Å². The lowest BCUT2D eigenvalue weighted by molar-refractivity contribution is 0.0691. The SMILES string of the molecule is Cc1cc([C@@H](C)Nc2ccc(Br)nc2C(=O)O)c2oc(-c3ccc4nc(C)sc4n3)c(C)c(=O)c2c1. The maximum absolute atomic E-state index is 13.4. The predicted octanol–water partition coefficient (Wildman–Crippen LogP) is 6.42. The van der Waals surface area contributed by atoms with Crippen LogP contribution in [0.3, 0.4) is 0 Å². The number of aryl methyl sites for hydroxylation is 2. The topological polar surface area (TPSA) is 118 Å². The number of fused-ring (bicyclic) bond motifs is 2. The molecule has 1 atom stereocenters. The number of rotatable bonds is 5. The van der Waals surface area contributed by atoms with Crippen molar-refractivity contribution in [3.8, 4) is 11.5 Å². The van der Waals surface area contributed by atoms with Gasteiger partial charge in [0.15, 0.2) is 16.9 Å². The molecule has 0 aliphatic carbocycles. The Labute approximate surface area is 218 Å². The van der Waals surface area contributed by atoms with Crippen LogP contribution in [-0.4, -0.2) is 26.0 Å². The lowest BCUT2D eigenvalue weighted by Crippen LogP contribution is -2.14. The van der Waals surface area contributed by atoms with Crippen molar-refractivity contribution in [1.29, 1.82) is 0 Å². The van der Waals surface area contributed by atoms with Crippen LogP contribution in [0, 0.1) is 20.8 Å². The molecule has 0 saturated heterocycles. The fourth-order valence-electron chi connectivity index (χ4n) is 4.21. The Bertz CT molecular complexity index is 1740. The van der Waals surface area contributed by atoms with Gasteiger partial charge in [0.25, 0.3) is 0 Å². The molecule has 8 nitrogen and oxygen atoms in total. The van der Waals surface area contributed by atoms with Gasteiger partial charge in [-0.2, -0.15) is 0 Å². The Morgan fingerprint density at radius 2 is 1.89 bits per heavy atom. The minimum absolute atomic E-state index is 0.108. The monoisotopic (exact) mass is 564 g/mol. The van der Waals surface area contributed by atoms with Crippen molar-refractivity contribution in [2.75, 3.05) is 5.32 Å². The smallest absolute Gasteiger partial charge is 0.356 e. The summed E-state index contributed by atoms with van der Waals surface area (Å²) < 4.78 is 6.82. The Balaban J connectivity index is 1.67. The number of halogens is 1. The standard InChI is InChI=1S/C26H21BrN4O4S/c1-11-9-15(13(3)28-17-7-8-20(27)31-21(17)26(33)34)24-16(10-11)22(32)12(2)23(35-24)18-5-6-19-25(30-18)36-14(4)29-19/h5-10,13,28H,1-4H3,(H,33,34)/t13-/m1/s1. The van der Waals surface area contributed by atoms with Crippen LogP contribution in [0.1, 0.15) is 45.2 Å². The predicted molar refractivity (Wildman–Crippen MR) is 144 cm³/mol.